The van der Waals surface area contributed by atoms with Crippen LogP contribution in [0.2, 0.25) is 0 Å². The van der Waals surface area contributed by atoms with Gasteiger partial charge in [-0.05, 0) is 24.6 Å². The summed E-state index contributed by atoms with van der Waals surface area (Å²) in [6, 6.07) is 4.92. The van der Waals surface area contributed by atoms with Crippen molar-refractivity contribution in [2.24, 2.45) is 5.73 Å². The number of thiocarbonyl (C=S) groups is 1. The van der Waals surface area contributed by atoms with Crippen LogP contribution in [0.5, 0.6) is 0 Å². The quantitative estimate of drug-likeness (QED) is 0.856. The van der Waals surface area contributed by atoms with E-state index in [2.05, 4.69) is 0 Å². The van der Waals surface area contributed by atoms with Crippen LogP contribution in [-0.4, -0.2) is 41.8 Å². The van der Waals surface area contributed by atoms with Crippen LogP contribution in [0, 0.1) is 6.92 Å². The molecule has 1 atom stereocenters. The summed E-state index contributed by atoms with van der Waals surface area (Å²) in [5.74, 6) is 0.838. The summed E-state index contributed by atoms with van der Waals surface area (Å²) in [5, 5.41) is 0.329. The number of sulfonamides is 1. The fraction of sp³-hybridized carbons (Fsp3) is 0.462. The van der Waals surface area contributed by atoms with E-state index in [1.165, 1.54) is 0 Å². The number of nitrogens with zero attached hydrogens (tertiary/aromatic N) is 1. The molecule has 0 spiro atoms. The summed E-state index contributed by atoms with van der Waals surface area (Å²) in [6.45, 7) is 4.99. The number of rotatable bonds is 3. The molecule has 110 valence electrons. The van der Waals surface area contributed by atoms with Gasteiger partial charge in [-0.2, -0.15) is 16.1 Å². The van der Waals surface area contributed by atoms with Crippen molar-refractivity contribution in [2.75, 3.05) is 18.8 Å². The molecule has 2 N–H and O–H groups in total. The molecular weight excluding hydrogens is 312 g/mol. The molecule has 4 nitrogen and oxygen atoms in total. The molecule has 1 aliphatic rings. The average molecular weight is 331 g/mol. The molecule has 0 saturated carbocycles. The topological polar surface area (TPSA) is 63.4 Å². The molecule has 1 aliphatic heterocycles. The number of hydrogen-bond acceptors (Lipinski definition) is 4. The van der Waals surface area contributed by atoms with Crippen LogP contribution in [0.1, 0.15) is 18.1 Å². The molecular formula is C13H18N2O2S3. The minimum atomic E-state index is -3.42. The first-order valence-electron chi connectivity index (χ1n) is 6.34. The Morgan fingerprint density at radius 2 is 2.20 bits per heavy atom. The van der Waals surface area contributed by atoms with Crippen molar-refractivity contribution in [2.45, 2.75) is 24.0 Å². The predicted octanol–water partition coefficient (Wildman–Crippen LogP) is 1.76. The van der Waals surface area contributed by atoms with Gasteiger partial charge in [-0.3, -0.25) is 0 Å². The van der Waals surface area contributed by atoms with Crippen LogP contribution in [0.25, 0.3) is 0 Å². The van der Waals surface area contributed by atoms with Gasteiger partial charge in [-0.1, -0.05) is 25.2 Å². The highest BCUT2D eigenvalue weighted by Crippen LogP contribution is 2.25. The van der Waals surface area contributed by atoms with E-state index in [1.807, 2.05) is 13.8 Å². The van der Waals surface area contributed by atoms with E-state index < -0.39 is 10.0 Å². The van der Waals surface area contributed by atoms with E-state index in [-0.39, 0.29) is 4.99 Å². The SMILES string of the molecule is Cc1cc(S(=O)(=O)N2CCSC(C)C2)ccc1C(N)=S. The lowest BCUT2D eigenvalue weighted by molar-refractivity contribution is 0.424. The molecule has 1 heterocycles. The Bertz CT molecular complexity index is 629. The van der Waals surface area contributed by atoms with Crippen LogP contribution in [0.15, 0.2) is 23.1 Å². The summed E-state index contributed by atoms with van der Waals surface area (Å²) in [6.07, 6.45) is 0. The van der Waals surface area contributed by atoms with Crippen LogP contribution < -0.4 is 5.73 Å². The summed E-state index contributed by atoms with van der Waals surface area (Å²) in [5.41, 5.74) is 7.12. The van der Waals surface area contributed by atoms with Crippen molar-refractivity contribution in [1.29, 1.82) is 0 Å². The second-order valence-electron chi connectivity index (χ2n) is 4.89. The highest BCUT2D eigenvalue weighted by atomic mass is 32.2. The van der Waals surface area contributed by atoms with Gasteiger partial charge < -0.3 is 5.73 Å². The number of thioether (sulfide) groups is 1. The lowest BCUT2D eigenvalue weighted by atomic mass is 10.1. The van der Waals surface area contributed by atoms with Gasteiger partial charge in [-0.15, -0.1) is 0 Å². The largest absolute Gasteiger partial charge is 0.389 e. The monoisotopic (exact) mass is 330 g/mol. The number of nitrogens with two attached hydrogens (primary N) is 1. The smallest absolute Gasteiger partial charge is 0.243 e. The average Bonchev–Trinajstić information content (AvgIpc) is 2.38. The maximum absolute atomic E-state index is 12.6. The van der Waals surface area contributed by atoms with Crippen molar-refractivity contribution in [3.63, 3.8) is 0 Å². The van der Waals surface area contributed by atoms with Crippen LogP contribution in [0.3, 0.4) is 0 Å². The molecule has 7 heteroatoms. The third-order valence-electron chi connectivity index (χ3n) is 3.30. The Kier molecular flexibility index (Phi) is 4.73. The Hall–Kier alpha value is -0.630. The Morgan fingerprint density at radius 3 is 2.75 bits per heavy atom. The van der Waals surface area contributed by atoms with Crippen molar-refractivity contribution < 1.29 is 8.42 Å². The van der Waals surface area contributed by atoms with Gasteiger partial charge >= 0.3 is 0 Å². The summed E-state index contributed by atoms with van der Waals surface area (Å²) in [4.78, 5) is 0.601. The first-order chi connectivity index (χ1) is 9.32. The zero-order valence-electron chi connectivity index (χ0n) is 11.5. The summed E-state index contributed by atoms with van der Waals surface area (Å²) in [7, 11) is -3.42. The molecule has 0 aliphatic carbocycles. The maximum atomic E-state index is 12.6. The molecule has 0 bridgehead atoms. The second-order valence-corrected chi connectivity index (χ2v) is 8.81. The Morgan fingerprint density at radius 1 is 1.50 bits per heavy atom. The lowest BCUT2D eigenvalue weighted by Gasteiger charge is -2.29. The van der Waals surface area contributed by atoms with Gasteiger partial charge in [0.05, 0.1) is 4.90 Å². The van der Waals surface area contributed by atoms with Crippen molar-refractivity contribution >= 4 is 39.0 Å². The zero-order chi connectivity index (χ0) is 14.9. The molecule has 0 aromatic heterocycles. The minimum absolute atomic E-state index is 0.287. The molecule has 1 aromatic rings. The van der Waals surface area contributed by atoms with Gasteiger partial charge in [0.2, 0.25) is 10.0 Å². The normalized spacial score (nSPS) is 20.8. The van der Waals surface area contributed by atoms with Gasteiger partial charge in [0.25, 0.3) is 0 Å². The zero-order valence-corrected chi connectivity index (χ0v) is 13.9. The van der Waals surface area contributed by atoms with Crippen molar-refractivity contribution in [3.8, 4) is 0 Å². The predicted molar refractivity (Wildman–Crippen MR) is 87.7 cm³/mol. The highest BCUT2D eigenvalue weighted by Gasteiger charge is 2.29. The summed E-state index contributed by atoms with van der Waals surface area (Å²) < 4.78 is 26.8. The number of benzene rings is 1. The molecule has 1 aromatic carbocycles. The lowest BCUT2D eigenvalue weighted by Crippen LogP contribution is -2.40. The van der Waals surface area contributed by atoms with Crippen LogP contribution in [-0.2, 0) is 10.0 Å². The fourth-order valence-electron chi connectivity index (χ4n) is 2.23. The van der Waals surface area contributed by atoms with E-state index in [9.17, 15) is 8.42 Å². The van der Waals surface area contributed by atoms with E-state index in [4.69, 9.17) is 18.0 Å². The number of aryl methyl sites for hydroxylation is 1. The van der Waals surface area contributed by atoms with E-state index >= 15 is 0 Å². The molecule has 1 fully saturated rings. The van der Waals surface area contributed by atoms with Gasteiger partial charge in [-0.25, -0.2) is 8.42 Å². The molecule has 0 amide bonds. The Balaban J connectivity index is 2.34. The van der Waals surface area contributed by atoms with Gasteiger partial charge in [0.1, 0.15) is 4.99 Å². The highest BCUT2D eigenvalue weighted by molar-refractivity contribution is 8.00. The van der Waals surface area contributed by atoms with E-state index in [0.717, 1.165) is 16.9 Å². The summed E-state index contributed by atoms with van der Waals surface area (Å²) >= 11 is 6.74. The van der Waals surface area contributed by atoms with Crippen LogP contribution >= 0.6 is 24.0 Å². The first-order valence-corrected chi connectivity index (χ1v) is 9.24. The van der Waals surface area contributed by atoms with Crippen LogP contribution in [0.4, 0.5) is 0 Å². The molecule has 1 unspecified atom stereocenters. The second kappa shape index (κ2) is 6.01. The Labute approximate surface area is 129 Å². The molecule has 0 radical (unpaired) electrons. The molecule has 20 heavy (non-hydrogen) atoms. The molecule has 1 saturated heterocycles. The van der Waals surface area contributed by atoms with Gasteiger partial charge in [0.15, 0.2) is 0 Å². The van der Waals surface area contributed by atoms with E-state index in [0.29, 0.717) is 23.2 Å². The number of hydrogen-bond donors (Lipinski definition) is 1. The minimum Gasteiger partial charge on any atom is -0.389 e. The van der Waals surface area contributed by atoms with Crippen molar-refractivity contribution in [3.05, 3.63) is 29.3 Å². The van der Waals surface area contributed by atoms with E-state index in [1.54, 1.807) is 34.3 Å². The first kappa shape index (κ1) is 15.8. The third-order valence-corrected chi connectivity index (χ3v) is 6.52. The van der Waals surface area contributed by atoms with Gasteiger partial charge in [0, 0.05) is 29.7 Å². The maximum Gasteiger partial charge on any atom is 0.243 e. The fourth-order valence-corrected chi connectivity index (χ4v) is 5.29. The molecule has 2 rings (SSSR count). The van der Waals surface area contributed by atoms with Crippen molar-refractivity contribution in [1.82, 2.24) is 4.31 Å². The standard InChI is InChI=1S/C13H18N2O2S3/c1-9-7-11(3-4-12(9)13(14)18)20(16,17)15-5-6-19-10(2)8-15/h3-4,7,10H,5-6,8H2,1-2H3,(H2,14,18). The third kappa shape index (κ3) is 3.16.